The lowest BCUT2D eigenvalue weighted by atomic mass is 9.89. The first-order valence-corrected chi connectivity index (χ1v) is 8.38. The highest BCUT2D eigenvalue weighted by atomic mass is 27.0. The fourth-order valence-corrected chi connectivity index (χ4v) is 3.88. The number of nitrogens with zero attached hydrogens (tertiary/aromatic N) is 1. The lowest BCUT2D eigenvalue weighted by Gasteiger charge is -2.25. The van der Waals surface area contributed by atoms with Gasteiger partial charge in [-0.25, -0.2) is 0 Å². The highest BCUT2D eigenvalue weighted by Crippen LogP contribution is 2.43. The summed E-state index contributed by atoms with van der Waals surface area (Å²) in [5.41, 5.74) is 1.13. The zero-order valence-electron chi connectivity index (χ0n) is 14.0. The molecule has 1 aromatic carbocycles. The smallest absolute Gasteiger partial charge is 0.241 e. The maximum Gasteiger partial charge on any atom is 0.241 e. The fourth-order valence-electron chi connectivity index (χ4n) is 3.61. The molecular weight excluding hydrogens is 325 g/mol. The Labute approximate surface area is 148 Å². The molecule has 1 N–H and O–H groups in total. The van der Waals surface area contributed by atoms with Crippen molar-refractivity contribution in [2.24, 2.45) is 0 Å². The Morgan fingerprint density at radius 1 is 1.33 bits per heavy atom. The van der Waals surface area contributed by atoms with E-state index in [1.54, 1.807) is 13.2 Å². The minimum absolute atomic E-state index is 0.0123. The van der Waals surface area contributed by atoms with Crippen LogP contribution in [0.5, 0.6) is 11.5 Å². The monoisotopic (exact) mass is 345 g/mol. The first-order chi connectivity index (χ1) is 11.5. The van der Waals surface area contributed by atoms with Crippen molar-refractivity contribution in [3.8, 4) is 11.5 Å². The Morgan fingerprint density at radius 3 is 2.67 bits per heavy atom. The van der Waals surface area contributed by atoms with Gasteiger partial charge < -0.3 is 23.9 Å². The van der Waals surface area contributed by atoms with E-state index in [0.29, 0.717) is 27.1 Å². The molecule has 3 rings (SSSR count). The molecule has 2 aromatic rings. The van der Waals surface area contributed by atoms with E-state index < -0.39 is 0 Å². The summed E-state index contributed by atoms with van der Waals surface area (Å²) in [6.45, 7) is 0.889. The standard InChI is InChI=1S/C17H20NO5.Al/c1-18-6-4-10(11(18)9-19)15-13(21-2)8-14(22-3)16-12(20)5-7-23-17(15)16;/h5,8,10-11,19H,4,6,9H2,1-3H3;/t10-,11+;/m1./s1. The summed E-state index contributed by atoms with van der Waals surface area (Å²) in [5.74, 6) is 1.05. The average Bonchev–Trinajstić information content (AvgIpc) is 2.93. The van der Waals surface area contributed by atoms with Crippen LogP contribution in [0, 0.1) is 0 Å². The predicted octanol–water partition coefficient (Wildman–Crippen LogP) is 0.384. The van der Waals surface area contributed by atoms with Crippen molar-refractivity contribution in [2.45, 2.75) is 18.4 Å². The molecule has 0 bridgehead atoms. The Morgan fingerprint density at radius 2 is 2.04 bits per heavy atom. The van der Waals surface area contributed by atoms with Crippen molar-refractivity contribution in [1.82, 2.24) is 4.90 Å². The molecule has 1 aromatic heterocycles. The van der Waals surface area contributed by atoms with E-state index in [2.05, 4.69) is 21.2 Å². The Hall–Kier alpha value is -1.52. The molecule has 0 aliphatic carbocycles. The van der Waals surface area contributed by atoms with E-state index in [1.165, 1.54) is 13.2 Å². The van der Waals surface area contributed by atoms with Gasteiger partial charge in [0.25, 0.3) is 0 Å². The molecule has 2 atom stereocenters. The number of fused-ring (bicyclic) bond motifs is 1. The highest BCUT2D eigenvalue weighted by molar-refractivity contribution is 6.30. The van der Waals surface area contributed by atoms with Crippen molar-refractivity contribution in [2.75, 3.05) is 34.4 Å². The van der Waals surface area contributed by atoms with E-state index in [9.17, 15) is 9.90 Å². The van der Waals surface area contributed by atoms with Crippen LogP contribution in [0.25, 0.3) is 11.0 Å². The van der Waals surface area contributed by atoms with E-state index in [-0.39, 0.29) is 24.0 Å². The van der Waals surface area contributed by atoms with Gasteiger partial charge >= 0.3 is 0 Å². The molecule has 126 valence electrons. The van der Waals surface area contributed by atoms with Gasteiger partial charge in [-0.3, -0.25) is 4.79 Å². The van der Waals surface area contributed by atoms with Crippen LogP contribution in [0.15, 0.2) is 21.3 Å². The van der Waals surface area contributed by atoms with Gasteiger partial charge in [-0.2, -0.15) is 0 Å². The number of hydrogen-bond acceptors (Lipinski definition) is 6. The normalized spacial score (nSPS) is 21.3. The van der Waals surface area contributed by atoms with E-state index in [0.717, 1.165) is 18.5 Å². The molecule has 1 fully saturated rings. The molecule has 24 heavy (non-hydrogen) atoms. The van der Waals surface area contributed by atoms with Crippen molar-refractivity contribution in [1.29, 1.82) is 0 Å². The molecular formula is C17H20AlNO5. The molecule has 0 spiro atoms. The predicted molar refractivity (Wildman–Crippen MR) is 91.8 cm³/mol. The molecule has 6 nitrogen and oxygen atoms in total. The van der Waals surface area contributed by atoms with Gasteiger partial charge in [0.15, 0.2) is 5.43 Å². The average molecular weight is 345 g/mol. The van der Waals surface area contributed by atoms with Crippen LogP contribution in [0.3, 0.4) is 0 Å². The minimum Gasteiger partial charge on any atom is -0.496 e. The third-order valence-electron chi connectivity index (χ3n) is 4.81. The van der Waals surface area contributed by atoms with Gasteiger partial charge in [0, 0.05) is 29.7 Å². The van der Waals surface area contributed by atoms with Crippen LogP contribution in [-0.4, -0.2) is 66.8 Å². The fraction of sp³-hybridized carbons (Fsp3) is 0.471. The van der Waals surface area contributed by atoms with Crippen LogP contribution in [-0.2, 0) is 0 Å². The number of likely N-dealkylation sites (tertiary alicyclic amines) is 1. The maximum atomic E-state index is 12.5. The first kappa shape index (κ1) is 17.3. The first-order valence-electron chi connectivity index (χ1n) is 7.81. The summed E-state index contributed by atoms with van der Waals surface area (Å²) in [6.07, 6.45) is 0.851. The molecule has 0 amide bonds. The van der Waals surface area contributed by atoms with Crippen molar-refractivity contribution in [3.63, 3.8) is 0 Å². The van der Waals surface area contributed by atoms with Gasteiger partial charge in [0.2, 0.25) is 16.3 Å². The number of aliphatic hydroxyl groups excluding tert-OH is 1. The number of aliphatic hydroxyl groups is 1. The topological polar surface area (TPSA) is 72.1 Å². The number of likely N-dealkylation sites (N-methyl/N-ethyl adjacent to an activating group) is 1. The molecule has 2 radical (unpaired) electrons. The molecule has 1 aliphatic heterocycles. The Kier molecular flexibility index (Phi) is 4.88. The summed E-state index contributed by atoms with van der Waals surface area (Å²) in [4.78, 5) is 14.6. The quantitative estimate of drug-likeness (QED) is 0.808. The molecule has 1 aliphatic rings. The third-order valence-corrected chi connectivity index (χ3v) is 5.09. The molecule has 1 saturated heterocycles. The van der Waals surface area contributed by atoms with Crippen LogP contribution in [0.1, 0.15) is 17.9 Å². The second kappa shape index (κ2) is 6.77. The van der Waals surface area contributed by atoms with Gasteiger partial charge in [0.1, 0.15) is 22.5 Å². The van der Waals surface area contributed by atoms with Crippen molar-refractivity contribution in [3.05, 3.63) is 27.9 Å². The zero-order valence-corrected chi connectivity index (χ0v) is 15.2. The molecule has 2 heterocycles. The summed E-state index contributed by atoms with van der Waals surface area (Å²) in [7, 11) is 5.08. The molecule has 7 heteroatoms. The second-order valence-electron chi connectivity index (χ2n) is 6.04. The number of hydrogen-bond donors (Lipinski definition) is 1. The third kappa shape index (κ3) is 2.72. The van der Waals surface area contributed by atoms with Crippen LogP contribution in [0.2, 0.25) is 0 Å². The van der Waals surface area contributed by atoms with Crippen LogP contribution in [0.4, 0.5) is 0 Å². The summed E-state index contributed by atoms with van der Waals surface area (Å²) < 4.78 is 17.3. The lowest BCUT2D eigenvalue weighted by molar-refractivity contribution is 0.171. The minimum atomic E-state index is -0.158. The lowest BCUT2D eigenvalue weighted by Crippen LogP contribution is -2.32. The molecule has 0 saturated carbocycles. The van der Waals surface area contributed by atoms with Crippen molar-refractivity contribution < 1.29 is 19.0 Å². The Balaban J connectivity index is 2.36. The van der Waals surface area contributed by atoms with E-state index in [4.69, 9.17) is 13.9 Å². The van der Waals surface area contributed by atoms with Crippen molar-refractivity contribution >= 4 is 31.9 Å². The number of ether oxygens (including phenoxy) is 2. The number of methoxy groups -OCH3 is 2. The summed E-state index contributed by atoms with van der Waals surface area (Å²) in [5, 5.41) is 10.2. The molecule has 0 unspecified atom stereocenters. The van der Waals surface area contributed by atoms with Gasteiger partial charge in [-0.05, 0) is 24.6 Å². The SMILES string of the molecule is COc1cc(OC)c2c(=O)c[c]([Al])oc2c1[C@@H]1CCN(C)[C@H]1CO. The largest absolute Gasteiger partial charge is 0.496 e. The summed E-state index contributed by atoms with van der Waals surface area (Å²) in [6, 6.07) is 3.11. The van der Waals surface area contributed by atoms with Crippen LogP contribution >= 0.6 is 0 Å². The second-order valence-corrected chi connectivity index (χ2v) is 6.61. The van der Waals surface area contributed by atoms with Gasteiger partial charge in [0.05, 0.1) is 20.8 Å². The zero-order chi connectivity index (χ0) is 17.4. The summed E-state index contributed by atoms with van der Waals surface area (Å²) >= 11 is 2.42. The van der Waals surface area contributed by atoms with Crippen LogP contribution < -0.4 is 19.5 Å². The van der Waals surface area contributed by atoms with Gasteiger partial charge in [-0.15, -0.1) is 0 Å². The van der Waals surface area contributed by atoms with E-state index >= 15 is 0 Å². The number of rotatable bonds is 4. The van der Waals surface area contributed by atoms with E-state index in [1.807, 2.05) is 7.05 Å². The number of benzene rings is 1. The van der Waals surface area contributed by atoms with Gasteiger partial charge in [-0.1, -0.05) is 0 Å². The Bertz CT molecular complexity index is 819. The highest BCUT2D eigenvalue weighted by Gasteiger charge is 2.36. The maximum absolute atomic E-state index is 12.5.